The maximum absolute atomic E-state index is 4.56. The van der Waals surface area contributed by atoms with E-state index >= 15 is 0 Å². The third-order valence-electron chi connectivity index (χ3n) is 2.87. The van der Waals surface area contributed by atoms with Crippen LogP contribution in [-0.2, 0) is 0 Å². The molecule has 0 spiro atoms. The first-order valence-corrected chi connectivity index (χ1v) is 5.85. The van der Waals surface area contributed by atoms with Crippen LogP contribution in [0, 0.1) is 13.8 Å². The van der Waals surface area contributed by atoms with Crippen molar-refractivity contribution < 1.29 is 0 Å². The van der Waals surface area contributed by atoms with Crippen LogP contribution in [0.2, 0.25) is 0 Å². The van der Waals surface area contributed by atoms with Gasteiger partial charge in [0.15, 0.2) is 0 Å². The van der Waals surface area contributed by atoms with Gasteiger partial charge in [-0.1, -0.05) is 18.2 Å². The molecule has 1 aromatic carbocycles. The number of benzene rings is 1. The first-order valence-electron chi connectivity index (χ1n) is 5.85. The predicted octanol–water partition coefficient (Wildman–Crippen LogP) is 3.19. The molecule has 0 bridgehead atoms. The number of nitrogens with one attached hydrogen (secondary N) is 1. The van der Waals surface area contributed by atoms with Gasteiger partial charge in [0.25, 0.3) is 0 Å². The van der Waals surface area contributed by atoms with Gasteiger partial charge in [-0.25, -0.2) is 4.98 Å². The smallest absolute Gasteiger partial charge is 0.145 e. The molecule has 0 unspecified atom stereocenters. The Morgan fingerprint density at radius 2 is 2.00 bits per heavy atom. The normalized spacial score (nSPS) is 10.3. The van der Waals surface area contributed by atoms with Crippen LogP contribution < -0.4 is 5.32 Å². The second-order valence-corrected chi connectivity index (χ2v) is 4.07. The summed E-state index contributed by atoms with van der Waals surface area (Å²) in [6.07, 6.45) is 3.56. The van der Waals surface area contributed by atoms with E-state index < -0.39 is 0 Å². The molecule has 0 aliphatic carbocycles. The van der Waals surface area contributed by atoms with Gasteiger partial charge in [0.1, 0.15) is 5.82 Å². The second kappa shape index (κ2) is 4.95. The fourth-order valence-corrected chi connectivity index (χ4v) is 1.79. The summed E-state index contributed by atoms with van der Waals surface area (Å²) in [5, 5.41) is 3.18. The minimum atomic E-state index is 0.825. The molecule has 2 rings (SSSR count). The van der Waals surface area contributed by atoms with Gasteiger partial charge in [-0.15, -0.1) is 0 Å². The summed E-state index contributed by atoms with van der Waals surface area (Å²) in [6.45, 7) is 7.13. The Bertz CT molecular complexity index is 521. The maximum atomic E-state index is 4.56. The number of rotatable bonds is 3. The number of aromatic nitrogens is 2. The lowest BCUT2D eigenvalue weighted by Crippen LogP contribution is -2.01. The number of aryl methyl sites for hydroxylation is 1. The van der Waals surface area contributed by atoms with Crippen LogP contribution in [0.15, 0.2) is 30.6 Å². The van der Waals surface area contributed by atoms with Crippen LogP contribution in [0.1, 0.15) is 18.1 Å². The van der Waals surface area contributed by atoms with Crippen molar-refractivity contribution in [3.8, 4) is 11.3 Å². The Balaban J connectivity index is 2.45. The van der Waals surface area contributed by atoms with Crippen LogP contribution in [0.25, 0.3) is 11.3 Å². The first-order chi connectivity index (χ1) is 8.22. The Hall–Kier alpha value is -1.90. The van der Waals surface area contributed by atoms with Gasteiger partial charge in [-0.05, 0) is 31.9 Å². The Kier molecular flexibility index (Phi) is 3.38. The minimum absolute atomic E-state index is 0.825. The number of anilines is 1. The summed E-state index contributed by atoms with van der Waals surface area (Å²) in [5.41, 5.74) is 4.61. The summed E-state index contributed by atoms with van der Waals surface area (Å²) >= 11 is 0. The third kappa shape index (κ3) is 2.44. The molecule has 1 N–H and O–H groups in total. The zero-order chi connectivity index (χ0) is 12.3. The molecule has 0 aliphatic heterocycles. The Labute approximate surface area is 102 Å². The van der Waals surface area contributed by atoms with Crippen LogP contribution in [-0.4, -0.2) is 16.5 Å². The zero-order valence-corrected chi connectivity index (χ0v) is 10.5. The summed E-state index contributed by atoms with van der Waals surface area (Å²) in [6, 6.07) is 6.25. The summed E-state index contributed by atoms with van der Waals surface area (Å²) in [4.78, 5) is 8.79. The van der Waals surface area contributed by atoms with E-state index in [1.807, 2.05) is 13.1 Å². The van der Waals surface area contributed by atoms with Gasteiger partial charge in [0, 0.05) is 12.1 Å². The summed E-state index contributed by atoms with van der Waals surface area (Å²) in [7, 11) is 0. The van der Waals surface area contributed by atoms with Gasteiger partial charge in [-0.3, -0.25) is 4.98 Å². The topological polar surface area (TPSA) is 37.8 Å². The molecule has 0 atom stereocenters. The van der Waals surface area contributed by atoms with Crippen molar-refractivity contribution in [3.05, 3.63) is 41.7 Å². The van der Waals surface area contributed by atoms with E-state index in [1.54, 1.807) is 6.20 Å². The fraction of sp³-hybridized carbons (Fsp3) is 0.286. The lowest BCUT2D eigenvalue weighted by molar-refractivity contribution is 1.12. The molecule has 17 heavy (non-hydrogen) atoms. The van der Waals surface area contributed by atoms with Gasteiger partial charge < -0.3 is 5.32 Å². The monoisotopic (exact) mass is 227 g/mol. The van der Waals surface area contributed by atoms with Gasteiger partial charge in [0.2, 0.25) is 0 Å². The largest absolute Gasteiger partial charge is 0.369 e. The van der Waals surface area contributed by atoms with E-state index in [9.17, 15) is 0 Å². The standard InChI is InChI=1S/C14H17N3/c1-4-16-14-9-15-8-13(17-14)12-7-5-6-10(2)11(12)3/h5-9H,4H2,1-3H3,(H,16,17). The van der Waals surface area contributed by atoms with Gasteiger partial charge in [-0.2, -0.15) is 0 Å². The molecular formula is C14H17N3. The number of nitrogens with zero attached hydrogens (tertiary/aromatic N) is 2. The van der Waals surface area contributed by atoms with Crippen molar-refractivity contribution in [2.24, 2.45) is 0 Å². The predicted molar refractivity (Wildman–Crippen MR) is 71.1 cm³/mol. The lowest BCUT2D eigenvalue weighted by atomic mass is 10.0. The molecule has 3 heteroatoms. The maximum Gasteiger partial charge on any atom is 0.145 e. The molecule has 0 radical (unpaired) electrons. The van der Waals surface area contributed by atoms with Crippen molar-refractivity contribution in [2.45, 2.75) is 20.8 Å². The fourth-order valence-electron chi connectivity index (χ4n) is 1.79. The van der Waals surface area contributed by atoms with Crippen molar-refractivity contribution >= 4 is 5.82 Å². The van der Waals surface area contributed by atoms with Crippen molar-refractivity contribution in [3.63, 3.8) is 0 Å². The molecular weight excluding hydrogens is 210 g/mol. The Morgan fingerprint density at radius 3 is 2.76 bits per heavy atom. The molecule has 0 aliphatic rings. The average Bonchev–Trinajstić information content (AvgIpc) is 2.33. The molecule has 1 aromatic heterocycles. The summed E-state index contributed by atoms with van der Waals surface area (Å²) in [5.74, 6) is 0.825. The van der Waals surface area contributed by atoms with Crippen LogP contribution in [0.4, 0.5) is 5.82 Å². The van der Waals surface area contributed by atoms with E-state index in [0.29, 0.717) is 0 Å². The molecule has 2 aromatic rings. The zero-order valence-electron chi connectivity index (χ0n) is 10.5. The van der Waals surface area contributed by atoms with Crippen LogP contribution >= 0.6 is 0 Å². The second-order valence-electron chi connectivity index (χ2n) is 4.07. The highest BCUT2D eigenvalue weighted by Crippen LogP contribution is 2.23. The van der Waals surface area contributed by atoms with Crippen LogP contribution in [0.3, 0.4) is 0 Å². The molecule has 0 saturated heterocycles. The number of hydrogen-bond acceptors (Lipinski definition) is 3. The highest BCUT2D eigenvalue weighted by Gasteiger charge is 2.06. The molecule has 0 fully saturated rings. The molecule has 0 amide bonds. The minimum Gasteiger partial charge on any atom is -0.369 e. The first kappa shape index (κ1) is 11.6. The van der Waals surface area contributed by atoms with E-state index in [0.717, 1.165) is 23.6 Å². The molecule has 0 saturated carbocycles. The highest BCUT2D eigenvalue weighted by atomic mass is 15.0. The molecule has 88 valence electrons. The Morgan fingerprint density at radius 1 is 1.18 bits per heavy atom. The van der Waals surface area contributed by atoms with Crippen molar-refractivity contribution in [1.29, 1.82) is 0 Å². The molecule has 3 nitrogen and oxygen atoms in total. The van der Waals surface area contributed by atoms with E-state index in [1.165, 1.54) is 11.1 Å². The average molecular weight is 227 g/mol. The lowest BCUT2D eigenvalue weighted by Gasteiger charge is -2.09. The molecule has 1 heterocycles. The van der Waals surface area contributed by atoms with Crippen LogP contribution in [0.5, 0.6) is 0 Å². The highest BCUT2D eigenvalue weighted by molar-refractivity contribution is 5.65. The van der Waals surface area contributed by atoms with Crippen molar-refractivity contribution in [2.75, 3.05) is 11.9 Å². The number of hydrogen-bond donors (Lipinski definition) is 1. The van der Waals surface area contributed by atoms with E-state index in [2.05, 4.69) is 47.3 Å². The third-order valence-corrected chi connectivity index (χ3v) is 2.87. The van der Waals surface area contributed by atoms with Gasteiger partial charge in [0.05, 0.1) is 18.1 Å². The quantitative estimate of drug-likeness (QED) is 0.875. The summed E-state index contributed by atoms with van der Waals surface area (Å²) < 4.78 is 0. The SMILES string of the molecule is CCNc1cncc(-c2cccc(C)c2C)n1. The van der Waals surface area contributed by atoms with E-state index in [4.69, 9.17) is 0 Å². The van der Waals surface area contributed by atoms with Gasteiger partial charge >= 0.3 is 0 Å². The van der Waals surface area contributed by atoms with Crippen molar-refractivity contribution in [1.82, 2.24) is 9.97 Å². The van der Waals surface area contributed by atoms with E-state index in [-0.39, 0.29) is 0 Å².